The highest BCUT2D eigenvalue weighted by molar-refractivity contribution is 5.83. The first-order chi connectivity index (χ1) is 8.15. The fourth-order valence-corrected chi connectivity index (χ4v) is 2.10. The lowest BCUT2D eigenvalue weighted by atomic mass is 10.00. The number of nitrogens with two attached hydrogens (primary N) is 1. The summed E-state index contributed by atoms with van der Waals surface area (Å²) in [6.07, 6.45) is 0.979. The van der Waals surface area contributed by atoms with E-state index in [1.165, 1.54) is 5.56 Å². The number of furan rings is 1. The molecule has 0 atom stereocenters. The van der Waals surface area contributed by atoms with Crippen molar-refractivity contribution in [3.8, 4) is 5.75 Å². The monoisotopic (exact) mass is 233 g/mol. The molecule has 1 aromatic heterocycles. The maximum absolute atomic E-state index is 5.77. The number of fused-ring (bicyclic) bond motifs is 1. The van der Waals surface area contributed by atoms with E-state index in [0.29, 0.717) is 12.5 Å². The van der Waals surface area contributed by atoms with Crippen molar-refractivity contribution in [3.05, 3.63) is 29.5 Å². The first kappa shape index (κ1) is 12.0. The zero-order valence-corrected chi connectivity index (χ0v) is 10.6. The van der Waals surface area contributed by atoms with Crippen LogP contribution in [0.5, 0.6) is 5.75 Å². The molecule has 0 aliphatic heterocycles. The van der Waals surface area contributed by atoms with E-state index < -0.39 is 0 Å². The molecular formula is C14H19NO2. The van der Waals surface area contributed by atoms with Gasteiger partial charge < -0.3 is 14.9 Å². The van der Waals surface area contributed by atoms with E-state index in [1.807, 2.05) is 18.2 Å². The van der Waals surface area contributed by atoms with Gasteiger partial charge in [-0.15, -0.1) is 0 Å². The number of hydrogen-bond donors (Lipinski definition) is 1. The van der Waals surface area contributed by atoms with Crippen LogP contribution in [0.4, 0.5) is 0 Å². The molecule has 17 heavy (non-hydrogen) atoms. The Morgan fingerprint density at radius 1 is 1.35 bits per heavy atom. The third kappa shape index (κ3) is 2.29. The SMILES string of the molecule is COc1ccc2oc(CN)c(CC(C)C)c2c1. The summed E-state index contributed by atoms with van der Waals surface area (Å²) in [6.45, 7) is 4.83. The lowest BCUT2D eigenvalue weighted by Crippen LogP contribution is -2.01. The van der Waals surface area contributed by atoms with Gasteiger partial charge in [-0.05, 0) is 30.5 Å². The van der Waals surface area contributed by atoms with E-state index in [-0.39, 0.29) is 0 Å². The molecular weight excluding hydrogens is 214 g/mol. The average molecular weight is 233 g/mol. The molecule has 0 amide bonds. The van der Waals surface area contributed by atoms with Crippen molar-refractivity contribution < 1.29 is 9.15 Å². The van der Waals surface area contributed by atoms with Crippen LogP contribution in [0.25, 0.3) is 11.0 Å². The van der Waals surface area contributed by atoms with Crippen LogP contribution in [0.2, 0.25) is 0 Å². The zero-order chi connectivity index (χ0) is 12.4. The van der Waals surface area contributed by atoms with Crippen molar-refractivity contribution in [2.75, 3.05) is 7.11 Å². The number of methoxy groups -OCH3 is 1. The Kier molecular flexibility index (Phi) is 3.38. The minimum atomic E-state index is 0.444. The normalized spacial score (nSPS) is 11.4. The van der Waals surface area contributed by atoms with Crippen LogP contribution in [0.1, 0.15) is 25.2 Å². The van der Waals surface area contributed by atoms with Crippen molar-refractivity contribution in [3.63, 3.8) is 0 Å². The standard InChI is InChI=1S/C14H19NO2/c1-9(2)6-11-12-7-10(16-3)4-5-13(12)17-14(11)8-15/h4-5,7,9H,6,8,15H2,1-3H3. The van der Waals surface area contributed by atoms with E-state index in [2.05, 4.69) is 13.8 Å². The topological polar surface area (TPSA) is 48.4 Å². The fourth-order valence-electron chi connectivity index (χ4n) is 2.10. The van der Waals surface area contributed by atoms with Crippen LogP contribution in [-0.4, -0.2) is 7.11 Å². The summed E-state index contributed by atoms with van der Waals surface area (Å²) >= 11 is 0. The van der Waals surface area contributed by atoms with Gasteiger partial charge in [0.25, 0.3) is 0 Å². The zero-order valence-electron chi connectivity index (χ0n) is 10.6. The molecule has 3 nitrogen and oxygen atoms in total. The Hall–Kier alpha value is -1.48. The fraction of sp³-hybridized carbons (Fsp3) is 0.429. The lowest BCUT2D eigenvalue weighted by Gasteiger charge is -2.05. The van der Waals surface area contributed by atoms with Gasteiger partial charge in [0.2, 0.25) is 0 Å². The Morgan fingerprint density at radius 2 is 2.12 bits per heavy atom. The summed E-state index contributed by atoms with van der Waals surface area (Å²) in [5.41, 5.74) is 7.85. The molecule has 0 spiro atoms. The second-order valence-corrected chi connectivity index (χ2v) is 4.67. The third-order valence-electron chi connectivity index (χ3n) is 2.88. The van der Waals surface area contributed by atoms with E-state index in [1.54, 1.807) is 7.11 Å². The minimum absolute atomic E-state index is 0.444. The third-order valence-corrected chi connectivity index (χ3v) is 2.88. The highest BCUT2D eigenvalue weighted by atomic mass is 16.5. The summed E-state index contributed by atoms with van der Waals surface area (Å²) in [7, 11) is 1.67. The van der Waals surface area contributed by atoms with Gasteiger partial charge in [0, 0.05) is 10.9 Å². The van der Waals surface area contributed by atoms with Gasteiger partial charge in [-0.1, -0.05) is 13.8 Å². The van der Waals surface area contributed by atoms with Gasteiger partial charge in [0.1, 0.15) is 17.1 Å². The van der Waals surface area contributed by atoms with Crippen molar-refractivity contribution in [1.29, 1.82) is 0 Å². The maximum atomic E-state index is 5.77. The van der Waals surface area contributed by atoms with Crippen molar-refractivity contribution in [1.82, 2.24) is 0 Å². The second-order valence-electron chi connectivity index (χ2n) is 4.67. The van der Waals surface area contributed by atoms with Gasteiger partial charge in [0.15, 0.2) is 0 Å². The lowest BCUT2D eigenvalue weighted by molar-refractivity contribution is 0.415. The minimum Gasteiger partial charge on any atom is -0.497 e. The van der Waals surface area contributed by atoms with Gasteiger partial charge in [0.05, 0.1) is 13.7 Å². The van der Waals surface area contributed by atoms with E-state index >= 15 is 0 Å². The quantitative estimate of drug-likeness (QED) is 0.882. The van der Waals surface area contributed by atoms with Gasteiger partial charge >= 0.3 is 0 Å². The summed E-state index contributed by atoms with van der Waals surface area (Å²) < 4.78 is 11.0. The van der Waals surface area contributed by atoms with Crippen molar-refractivity contribution in [2.24, 2.45) is 11.7 Å². The molecule has 2 aromatic rings. The Balaban J connectivity index is 2.58. The van der Waals surface area contributed by atoms with Crippen LogP contribution in [-0.2, 0) is 13.0 Å². The molecule has 0 aliphatic rings. The predicted molar refractivity (Wildman–Crippen MR) is 69.2 cm³/mol. The van der Waals surface area contributed by atoms with Crippen LogP contribution in [0.15, 0.2) is 22.6 Å². The Morgan fingerprint density at radius 3 is 2.71 bits per heavy atom. The van der Waals surface area contributed by atoms with E-state index in [4.69, 9.17) is 14.9 Å². The number of benzene rings is 1. The number of rotatable bonds is 4. The van der Waals surface area contributed by atoms with Gasteiger partial charge in [-0.25, -0.2) is 0 Å². The maximum Gasteiger partial charge on any atom is 0.134 e. The summed E-state index contributed by atoms with van der Waals surface area (Å²) in [6, 6.07) is 5.87. The first-order valence-electron chi connectivity index (χ1n) is 5.94. The van der Waals surface area contributed by atoms with Crippen LogP contribution < -0.4 is 10.5 Å². The van der Waals surface area contributed by atoms with Crippen molar-refractivity contribution in [2.45, 2.75) is 26.8 Å². The van der Waals surface area contributed by atoms with E-state index in [0.717, 1.165) is 28.9 Å². The molecule has 2 rings (SSSR count). The molecule has 0 fully saturated rings. The Labute approximate surface area is 102 Å². The van der Waals surface area contributed by atoms with Crippen molar-refractivity contribution >= 4 is 11.0 Å². The smallest absolute Gasteiger partial charge is 0.134 e. The summed E-state index contributed by atoms with van der Waals surface area (Å²) in [5, 5.41) is 1.12. The number of ether oxygens (including phenoxy) is 1. The molecule has 92 valence electrons. The largest absolute Gasteiger partial charge is 0.497 e. The molecule has 2 N–H and O–H groups in total. The van der Waals surface area contributed by atoms with E-state index in [9.17, 15) is 0 Å². The van der Waals surface area contributed by atoms with Crippen LogP contribution in [0.3, 0.4) is 0 Å². The molecule has 0 aliphatic carbocycles. The molecule has 1 aromatic carbocycles. The number of hydrogen-bond acceptors (Lipinski definition) is 3. The van der Waals surface area contributed by atoms with Gasteiger partial charge in [-0.2, -0.15) is 0 Å². The molecule has 1 heterocycles. The highest BCUT2D eigenvalue weighted by Crippen LogP contribution is 2.30. The van der Waals surface area contributed by atoms with Crippen LogP contribution in [0, 0.1) is 5.92 Å². The summed E-state index contributed by atoms with van der Waals surface area (Å²) in [5.74, 6) is 2.32. The molecule has 0 bridgehead atoms. The van der Waals surface area contributed by atoms with Gasteiger partial charge in [-0.3, -0.25) is 0 Å². The first-order valence-corrected chi connectivity index (χ1v) is 5.94. The average Bonchev–Trinajstić information content (AvgIpc) is 2.66. The second kappa shape index (κ2) is 4.80. The molecule has 0 radical (unpaired) electrons. The molecule has 0 saturated carbocycles. The molecule has 3 heteroatoms. The summed E-state index contributed by atoms with van der Waals surface area (Å²) in [4.78, 5) is 0. The molecule has 0 unspecified atom stereocenters. The Bertz CT molecular complexity index is 514. The highest BCUT2D eigenvalue weighted by Gasteiger charge is 2.14. The predicted octanol–water partition coefficient (Wildman–Crippen LogP) is 3.10. The van der Waals surface area contributed by atoms with Crippen LogP contribution >= 0.6 is 0 Å². The molecule has 0 saturated heterocycles.